The molecule has 0 aliphatic rings. The van der Waals surface area contributed by atoms with Crippen molar-refractivity contribution in [2.75, 3.05) is 6.54 Å². The lowest BCUT2D eigenvalue weighted by atomic mass is 10.2. The highest BCUT2D eigenvalue weighted by Gasteiger charge is 2.21. The number of ether oxygens (including phenoxy) is 2. The zero-order valence-electron chi connectivity index (χ0n) is 25.7. The number of carboxylic acids is 1. The van der Waals surface area contributed by atoms with E-state index in [-0.39, 0.29) is 25.1 Å². The number of amides is 2. The third-order valence-corrected chi connectivity index (χ3v) is 4.56. The number of aromatic nitrogens is 2. The smallest absolute Gasteiger partial charge is 0.421 e. The van der Waals surface area contributed by atoms with Gasteiger partial charge in [0, 0.05) is 38.6 Å². The molecule has 0 unspecified atom stereocenters. The van der Waals surface area contributed by atoms with Gasteiger partial charge >= 0.3 is 40.5 Å². The first kappa shape index (κ1) is 42.5. The maximum atomic E-state index is 11.9. The van der Waals surface area contributed by atoms with Gasteiger partial charge in [-0.05, 0) is 41.5 Å². The van der Waals surface area contributed by atoms with Crippen LogP contribution < -0.4 is 27.7 Å². The quantitative estimate of drug-likeness (QED) is 0.112. The fraction of sp³-hybridized carbons (Fsp3) is 0.462. The lowest BCUT2D eigenvalue weighted by molar-refractivity contribution is -0.386. The second kappa shape index (κ2) is 17.6. The summed E-state index contributed by atoms with van der Waals surface area (Å²) in [6.45, 7) is 9.97. The number of nitrogens with two attached hydrogens (primary N) is 1. The van der Waals surface area contributed by atoms with Crippen molar-refractivity contribution in [1.29, 1.82) is 0 Å². The van der Waals surface area contributed by atoms with Crippen molar-refractivity contribution in [2.45, 2.75) is 60.2 Å². The van der Waals surface area contributed by atoms with Crippen molar-refractivity contribution in [1.82, 2.24) is 19.9 Å². The monoisotopic (exact) mass is 657 g/mol. The molecule has 2 aromatic heterocycles. The number of hydrogen-bond acceptors (Lipinski definition) is 13. The molecule has 0 fully saturated rings. The van der Waals surface area contributed by atoms with Gasteiger partial charge in [0.2, 0.25) is 0 Å². The minimum Gasteiger partial charge on any atom is -0.478 e. The summed E-state index contributed by atoms with van der Waals surface area (Å²) in [4.78, 5) is 86.2. The van der Waals surface area contributed by atoms with Gasteiger partial charge in [0.25, 0.3) is 5.91 Å². The van der Waals surface area contributed by atoms with E-state index >= 15 is 0 Å². The average Bonchev–Trinajstić information content (AvgIpc) is 2.88. The summed E-state index contributed by atoms with van der Waals surface area (Å²) < 4.78 is 11.5. The standard InChI is InChI=1S/C13H17N3O6.C7H6N2O5.C5H12N2O2.CH4/c1-13(2,3)22-10(17)6-14-11(18)8-5-9(16(20)21)12(19)15(4)7-8;1-8-3-4(7(11)12)2-5(6(8)10)9(13)14;1-5(2,3)9-4(8)7-6;/h5,7H,6H2,1-4H3,(H,14,18);2-3H,1H3,(H,11,12);6H2,1-3H3,(H,7,8);1H4. The zero-order chi connectivity index (χ0) is 35.4. The maximum absolute atomic E-state index is 11.9. The van der Waals surface area contributed by atoms with E-state index in [4.69, 9.17) is 20.4 Å². The number of nitrogens with one attached hydrogen (secondary N) is 2. The number of rotatable bonds is 6. The predicted octanol–water partition coefficient (Wildman–Crippen LogP) is 1.38. The molecular formula is C26H39N7O13. The number of pyridine rings is 2. The van der Waals surface area contributed by atoms with Gasteiger partial charge in [-0.1, -0.05) is 7.43 Å². The number of nitrogens with zero attached hydrogens (tertiary/aromatic N) is 4. The van der Waals surface area contributed by atoms with Crippen LogP contribution in [0.2, 0.25) is 0 Å². The van der Waals surface area contributed by atoms with Crippen LogP contribution in [0.5, 0.6) is 0 Å². The molecule has 2 amide bonds. The van der Waals surface area contributed by atoms with E-state index < -0.39 is 67.5 Å². The molecule has 256 valence electrons. The van der Waals surface area contributed by atoms with E-state index in [1.807, 2.05) is 5.43 Å². The first-order valence-corrected chi connectivity index (χ1v) is 12.5. The molecule has 2 heterocycles. The largest absolute Gasteiger partial charge is 0.478 e. The van der Waals surface area contributed by atoms with Crippen LogP contribution in [-0.4, -0.2) is 65.8 Å². The van der Waals surface area contributed by atoms with E-state index in [9.17, 15) is 49.0 Å². The Bertz CT molecular complexity index is 1570. The molecule has 2 rings (SSSR count). The van der Waals surface area contributed by atoms with Gasteiger partial charge in [-0.25, -0.2) is 15.4 Å². The lowest BCUT2D eigenvalue weighted by Crippen LogP contribution is -2.36. The Kier molecular flexibility index (Phi) is 16.2. The summed E-state index contributed by atoms with van der Waals surface area (Å²) in [5, 5.41) is 32.0. The number of aryl methyl sites for hydroxylation is 2. The number of hydrazine groups is 1. The number of carboxylic acid groups (broad SMARTS) is 1. The second-order valence-corrected chi connectivity index (χ2v) is 10.8. The van der Waals surface area contributed by atoms with Crippen LogP contribution in [0.15, 0.2) is 34.1 Å². The Balaban J connectivity index is 0. The molecule has 0 bridgehead atoms. The molecule has 0 saturated heterocycles. The number of esters is 1. The molecule has 0 radical (unpaired) electrons. The Hall–Kier alpha value is -5.66. The van der Waals surface area contributed by atoms with E-state index in [1.165, 1.54) is 14.1 Å². The van der Waals surface area contributed by atoms with E-state index in [0.29, 0.717) is 0 Å². The molecule has 20 heteroatoms. The number of carbonyl (C=O) groups excluding carboxylic acids is 3. The third-order valence-electron chi connectivity index (χ3n) is 4.56. The molecule has 0 saturated carbocycles. The van der Waals surface area contributed by atoms with Gasteiger partial charge in [0.05, 0.1) is 21.0 Å². The normalized spacial score (nSPS) is 10.3. The summed E-state index contributed by atoms with van der Waals surface area (Å²) in [5.41, 5.74) is -2.80. The fourth-order valence-electron chi connectivity index (χ4n) is 2.83. The van der Waals surface area contributed by atoms with Crippen molar-refractivity contribution in [3.8, 4) is 0 Å². The van der Waals surface area contributed by atoms with E-state index in [1.54, 1.807) is 41.5 Å². The molecule has 0 aliphatic carbocycles. The average molecular weight is 658 g/mol. The lowest BCUT2D eigenvalue weighted by Gasteiger charge is -2.19. The Morgan fingerprint density at radius 1 is 0.848 bits per heavy atom. The van der Waals surface area contributed by atoms with Gasteiger partial charge in [0.1, 0.15) is 17.7 Å². The molecule has 2 aromatic rings. The van der Waals surface area contributed by atoms with E-state index in [2.05, 4.69) is 5.32 Å². The van der Waals surface area contributed by atoms with Crippen LogP contribution in [0.1, 0.15) is 69.7 Å². The highest BCUT2D eigenvalue weighted by atomic mass is 16.6. The summed E-state index contributed by atoms with van der Waals surface area (Å²) in [6, 6.07) is 1.61. The summed E-state index contributed by atoms with van der Waals surface area (Å²) >= 11 is 0. The summed E-state index contributed by atoms with van der Waals surface area (Å²) in [5.74, 6) is 2.08. The van der Waals surface area contributed by atoms with E-state index in [0.717, 1.165) is 33.7 Å². The van der Waals surface area contributed by atoms with Crippen molar-refractivity contribution in [3.63, 3.8) is 0 Å². The van der Waals surface area contributed by atoms with Gasteiger partial charge < -0.3 is 29.0 Å². The van der Waals surface area contributed by atoms with Gasteiger partial charge in [-0.2, -0.15) is 0 Å². The first-order valence-electron chi connectivity index (χ1n) is 12.5. The number of nitro groups is 2. The summed E-state index contributed by atoms with van der Waals surface area (Å²) in [7, 11) is 2.54. The summed E-state index contributed by atoms with van der Waals surface area (Å²) in [6.07, 6.45) is 1.57. The number of carbonyl (C=O) groups is 4. The van der Waals surface area contributed by atoms with Crippen molar-refractivity contribution < 1.29 is 43.6 Å². The Morgan fingerprint density at radius 2 is 1.24 bits per heavy atom. The van der Waals surface area contributed by atoms with Crippen LogP contribution in [-0.2, 0) is 28.4 Å². The molecule has 5 N–H and O–H groups in total. The van der Waals surface area contributed by atoms with Gasteiger partial charge in [-0.3, -0.25) is 44.8 Å². The highest BCUT2D eigenvalue weighted by molar-refractivity contribution is 5.96. The Morgan fingerprint density at radius 3 is 1.57 bits per heavy atom. The molecule has 0 aromatic carbocycles. The molecule has 0 aliphatic heterocycles. The predicted molar refractivity (Wildman–Crippen MR) is 162 cm³/mol. The van der Waals surface area contributed by atoms with Gasteiger partial charge in [-0.15, -0.1) is 0 Å². The molecule has 0 atom stereocenters. The first-order chi connectivity index (χ1) is 20.4. The fourth-order valence-corrected chi connectivity index (χ4v) is 2.83. The second-order valence-electron chi connectivity index (χ2n) is 10.8. The Labute approximate surface area is 262 Å². The highest BCUT2D eigenvalue weighted by Crippen LogP contribution is 2.09. The minimum absolute atomic E-state index is 0. The maximum Gasteiger partial charge on any atom is 0.421 e. The van der Waals surface area contributed by atoms with Crippen molar-refractivity contribution in [3.05, 3.63) is 76.6 Å². The van der Waals surface area contributed by atoms with Crippen molar-refractivity contribution in [2.24, 2.45) is 19.9 Å². The van der Waals surface area contributed by atoms with Crippen LogP contribution in [0.25, 0.3) is 0 Å². The van der Waals surface area contributed by atoms with Crippen LogP contribution in [0.3, 0.4) is 0 Å². The van der Waals surface area contributed by atoms with Crippen molar-refractivity contribution >= 4 is 35.3 Å². The molecule has 46 heavy (non-hydrogen) atoms. The molecule has 0 spiro atoms. The number of aromatic carboxylic acids is 1. The number of hydrogen-bond donors (Lipinski definition) is 4. The van der Waals surface area contributed by atoms with Crippen LogP contribution in [0.4, 0.5) is 16.2 Å². The van der Waals surface area contributed by atoms with Crippen LogP contribution in [0, 0.1) is 20.2 Å². The minimum atomic E-state index is -1.32. The van der Waals surface area contributed by atoms with Crippen LogP contribution >= 0.6 is 0 Å². The molecule has 20 nitrogen and oxygen atoms in total. The zero-order valence-corrected chi connectivity index (χ0v) is 25.7. The topological polar surface area (TPSA) is 287 Å². The van der Waals surface area contributed by atoms with Gasteiger partial charge in [0.15, 0.2) is 0 Å². The molecular weight excluding hydrogens is 618 g/mol. The SMILES string of the molecule is C.CC(C)(C)OC(=O)NN.Cn1cc(C(=O)NCC(=O)OC(C)(C)C)cc([N+](=O)[O-])c1=O.Cn1cc(C(=O)O)cc([N+](=O)[O-])c1=O. The third kappa shape index (κ3) is 15.2.